The molecule has 1 N–H and O–H groups in total. The molecule has 0 aromatic heterocycles. The number of rotatable bonds is 1. The summed E-state index contributed by atoms with van der Waals surface area (Å²) in [7, 11) is 0. The van der Waals surface area contributed by atoms with E-state index in [0.29, 0.717) is 10.4 Å². The molecule has 4 heteroatoms. The molecule has 73 valence electrons. The molecule has 0 heterocycles. The summed E-state index contributed by atoms with van der Waals surface area (Å²) in [5.74, 6) is -0.933. The number of hydrogen-bond donors (Lipinski definition) is 1. The second kappa shape index (κ2) is 4.90. The van der Waals surface area contributed by atoms with E-state index in [1.165, 1.54) is 0 Å². The second-order valence-corrected chi connectivity index (χ2v) is 3.35. The van der Waals surface area contributed by atoms with Crippen LogP contribution in [0.25, 0.3) is 10.8 Å². The summed E-state index contributed by atoms with van der Waals surface area (Å²) in [4.78, 5) is 10.9. The Balaban J connectivity index is 0.00000112. The van der Waals surface area contributed by atoms with Crippen LogP contribution in [0.2, 0.25) is 5.02 Å². The van der Waals surface area contributed by atoms with Crippen molar-refractivity contribution in [2.45, 2.75) is 0 Å². The molecule has 2 nitrogen and oxygen atoms in total. The molecule has 0 spiro atoms. The van der Waals surface area contributed by atoms with Gasteiger partial charge in [-0.3, -0.25) is 0 Å². The van der Waals surface area contributed by atoms with Crippen LogP contribution in [0.3, 0.4) is 0 Å². The summed E-state index contributed by atoms with van der Waals surface area (Å²) in [5, 5.41) is 11.0. The molecular formula is C11H7ClInO2. The van der Waals surface area contributed by atoms with Crippen LogP contribution < -0.4 is 0 Å². The van der Waals surface area contributed by atoms with Gasteiger partial charge in [-0.1, -0.05) is 35.9 Å². The van der Waals surface area contributed by atoms with Gasteiger partial charge in [-0.05, 0) is 17.5 Å². The van der Waals surface area contributed by atoms with E-state index in [0.717, 1.165) is 5.39 Å². The Morgan fingerprint density at radius 3 is 2.33 bits per heavy atom. The summed E-state index contributed by atoms with van der Waals surface area (Å²) in [6.45, 7) is 0. The third kappa shape index (κ3) is 2.29. The molecule has 0 saturated carbocycles. The first kappa shape index (κ1) is 12.4. The summed E-state index contributed by atoms with van der Waals surface area (Å²) in [5.41, 5.74) is 0.282. The van der Waals surface area contributed by atoms with Crippen molar-refractivity contribution < 1.29 is 9.90 Å². The number of benzene rings is 2. The van der Waals surface area contributed by atoms with E-state index in [1.54, 1.807) is 30.3 Å². The first-order chi connectivity index (χ1) is 6.70. The van der Waals surface area contributed by atoms with Gasteiger partial charge in [0.1, 0.15) is 0 Å². The largest absolute Gasteiger partial charge is 0.478 e. The summed E-state index contributed by atoms with van der Waals surface area (Å²) in [6, 6.07) is 10.3. The molecule has 3 radical (unpaired) electrons. The van der Waals surface area contributed by atoms with Crippen molar-refractivity contribution in [2.24, 2.45) is 0 Å². The molecule has 15 heavy (non-hydrogen) atoms. The zero-order valence-electron chi connectivity index (χ0n) is 7.77. The Bertz CT molecular complexity index is 511. The molecule has 2 aromatic rings. The maximum Gasteiger partial charge on any atom is 0.336 e. The predicted molar refractivity (Wildman–Crippen MR) is 61.7 cm³/mol. The van der Waals surface area contributed by atoms with Gasteiger partial charge in [0, 0.05) is 36.3 Å². The van der Waals surface area contributed by atoms with Gasteiger partial charge < -0.3 is 5.11 Å². The van der Waals surface area contributed by atoms with Gasteiger partial charge in [0.25, 0.3) is 0 Å². The van der Waals surface area contributed by atoms with E-state index in [2.05, 4.69) is 0 Å². The molecule has 0 amide bonds. The Morgan fingerprint density at radius 1 is 1.07 bits per heavy atom. The van der Waals surface area contributed by atoms with Crippen molar-refractivity contribution in [3.05, 3.63) is 47.0 Å². The van der Waals surface area contributed by atoms with Gasteiger partial charge in [-0.25, -0.2) is 4.79 Å². The standard InChI is InChI=1S/C11H7ClO2.In/c12-10-6-2-3-7-8(10)4-1-5-9(7)11(13)14;/h1-6H,(H,13,14);. The Morgan fingerprint density at radius 2 is 1.67 bits per heavy atom. The van der Waals surface area contributed by atoms with E-state index in [1.807, 2.05) is 6.07 Å². The summed E-state index contributed by atoms with van der Waals surface area (Å²) in [6.07, 6.45) is 0. The van der Waals surface area contributed by atoms with Crippen molar-refractivity contribution in [3.8, 4) is 0 Å². The molecule has 0 atom stereocenters. The van der Waals surface area contributed by atoms with Gasteiger partial charge in [-0.2, -0.15) is 0 Å². The Hall–Kier alpha value is -0.670. The van der Waals surface area contributed by atoms with Crippen molar-refractivity contribution in [3.63, 3.8) is 0 Å². The van der Waals surface area contributed by atoms with E-state index < -0.39 is 5.97 Å². The van der Waals surface area contributed by atoms with Crippen LogP contribution in [0.4, 0.5) is 0 Å². The number of hydrogen-bond acceptors (Lipinski definition) is 1. The monoisotopic (exact) mass is 321 g/mol. The maximum absolute atomic E-state index is 10.9. The topological polar surface area (TPSA) is 37.3 Å². The number of halogens is 1. The van der Waals surface area contributed by atoms with E-state index in [4.69, 9.17) is 16.7 Å². The molecule has 2 aromatic carbocycles. The fraction of sp³-hybridized carbons (Fsp3) is 0. The maximum atomic E-state index is 10.9. The summed E-state index contributed by atoms with van der Waals surface area (Å²) >= 11 is 5.94. The van der Waals surface area contributed by atoms with Crippen molar-refractivity contribution in [1.82, 2.24) is 0 Å². The fourth-order valence-electron chi connectivity index (χ4n) is 1.46. The minimum atomic E-state index is -0.933. The minimum absolute atomic E-state index is 0. The van der Waals surface area contributed by atoms with Crippen LogP contribution in [-0.2, 0) is 0 Å². The van der Waals surface area contributed by atoms with Crippen LogP contribution in [0.15, 0.2) is 36.4 Å². The Kier molecular flexibility index (Phi) is 4.05. The summed E-state index contributed by atoms with van der Waals surface area (Å²) < 4.78 is 0. The number of fused-ring (bicyclic) bond motifs is 1. The Labute approximate surface area is 111 Å². The van der Waals surface area contributed by atoms with Gasteiger partial charge in [0.15, 0.2) is 0 Å². The molecular weight excluding hydrogens is 314 g/mol. The first-order valence-electron chi connectivity index (χ1n) is 4.10. The van der Waals surface area contributed by atoms with Gasteiger partial charge in [-0.15, -0.1) is 0 Å². The SMILES string of the molecule is O=C(O)c1cccc2c(Cl)cccc12.[In]. The molecule has 0 saturated heterocycles. The third-order valence-corrected chi connectivity index (χ3v) is 2.43. The number of carbonyl (C=O) groups is 1. The molecule has 0 aliphatic rings. The zero-order valence-corrected chi connectivity index (χ0v) is 11.8. The van der Waals surface area contributed by atoms with Crippen molar-refractivity contribution >= 4 is 54.2 Å². The van der Waals surface area contributed by atoms with Crippen LogP contribution in [0, 0.1) is 0 Å². The number of carboxylic acids is 1. The van der Waals surface area contributed by atoms with Gasteiger partial charge >= 0.3 is 5.97 Å². The van der Waals surface area contributed by atoms with Crippen LogP contribution in [0.5, 0.6) is 0 Å². The molecule has 0 aliphatic carbocycles. The van der Waals surface area contributed by atoms with Crippen LogP contribution in [-0.4, -0.2) is 36.9 Å². The van der Waals surface area contributed by atoms with Gasteiger partial charge in [0.2, 0.25) is 0 Å². The molecule has 0 unspecified atom stereocenters. The average molecular weight is 321 g/mol. The number of aromatic carboxylic acids is 1. The van der Waals surface area contributed by atoms with Crippen molar-refractivity contribution in [2.75, 3.05) is 0 Å². The zero-order chi connectivity index (χ0) is 10.1. The molecule has 2 rings (SSSR count). The van der Waals surface area contributed by atoms with E-state index in [-0.39, 0.29) is 31.4 Å². The molecule has 0 aliphatic heterocycles. The van der Waals surface area contributed by atoms with Crippen LogP contribution in [0.1, 0.15) is 10.4 Å². The van der Waals surface area contributed by atoms with E-state index >= 15 is 0 Å². The normalized spacial score (nSPS) is 9.67. The third-order valence-electron chi connectivity index (χ3n) is 2.10. The minimum Gasteiger partial charge on any atom is -0.478 e. The number of carboxylic acid groups (broad SMARTS) is 1. The smallest absolute Gasteiger partial charge is 0.336 e. The fourth-order valence-corrected chi connectivity index (χ4v) is 1.70. The molecule has 0 fully saturated rings. The van der Waals surface area contributed by atoms with Crippen molar-refractivity contribution in [1.29, 1.82) is 0 Å². The quantitative estimate of drug-likeness (QED) is 0.877. The van der Waals surface area contributed by atoms with E-state index in [9.17, 15) is 4.79 Å². The average Bonchev–Trinajstić information content (AvgIpc) is 2.17. The first-order valence-corrected chi connectivity index (χ1v) is 4.48. The van der Waals surface area contributed by atoms with Crippen LogP contribution >= 0.6 is 11.6 Å². The van der Waals surface area contributed by atoms with Gasteiger partial charge in [0.05, 0.1) is 5.56 Å². The predicted octanol–water partition coefficient (Wildman–Crippen LogP) is 2.81. The second-order valence-electron chi connectivity index (χ2n) is 2.95. The molecule has 0 bridgehead atoms.